The van der Waals surface area contributed by atoms with Gasteiger partial charge in [0, 0.05) is 5.69 Å². The largest absolute Gasteiger partial charge is 0.383 e. The Kier molecular flexibility index (Phi) is 3.82. The first-order valence-electron chi connectivity index (χ1n) is 5.43. The lowest BCUT2D eigenvalue weighted by atomic mass is 10.2. The van der Waals surface area contributed by atoms with Crippen molar-refractivity contribution in [1.82, 2.24) is 4.98 Å². The van der Waals surface area contributed by atoms with Crippen LogP contribution in [-0.4, -0.2) is 10.9 Å². The molecule has 100 valence electrons. The van der Waals surface area contributed by atoms with Gasteiger partial charge in [-0.2, -0.15) is 5.26 Å². The van der Waals surface area contributed by atoms with Crippen LogP contribution in [0.1, 0.15) is 15.9 Å². The van der Waals surface area contributed by atoms with Gasteiger partial charge in [0.1, 0.15) is 17.7 Å². The Morgan fingerprint density at radius 1 is 1.45 bits per heavy atom. The van der Waals surface area contributed by atoms with Crippen LogP contribution in [0, 0.1) is 17.1 Å². The fourth-order valence-electron chi connectivity index (χ4n) is 1.51. The fourth-order valence-corrected chi connectivity index (χ4v) is 1.74. The standard InChI is InChI=1S/C13H8ClFN4O/c14-11-4-9(2-1-7(11)5-16)19-13(20)10-3-8(15)6-18-12(10)17/h1-4,6H,(H2,17,18)(H,19,20). The van der Waals surface area contributed by atoms with Crippen molar-refractivity contribution in [3.05, 3.63) is 52.4 Å². The SMILES string of the molecule is N#Cc1ccc(NC(=O)c2cc(F)cnc2N)cc1Cl. The summed E-state index contributed by atoms with van der Waals surface area (Å²) in [5, 5.41) is 11.5. The molecule has 5 nitrogen and oxygen atoms in total. The highest BCUT2D eigenvalue weighted by Gasteiger charge is 2.13. The summed E-state index contributed by atoms with van der Waals surface area (Å²) in [7, 11) is 0. The number of nitrogen functional groups attached to an aromatic ring is 1. The van der Waals surface area contributed by atoms with E-state index in [4.69, 9.17) is 22.6 Å². The lowest BCUT2D eigenvalue weighted by molar-refractivity contribution is 0.102. The number of carbonyl (C=O) groups excluding carboxylic acids is 1. The molecule has 0 unspecified atom stereocenters. The number of amides is 1. The zero-order valence-corrected chi connectivity index (χ0v) is 10.8. The molecule has 0 spiro atoms. The van der Waals surface area contributed by atoms with Crippen molar-refractivity contribution in [2.45, 2.75) is 0 Å². The van der Waals surface area contributed by atoms with E-state index in [-0.39, 0.29) is 22.0 Å². The molecule has 7 heteroatoms. The number of pyridine rings is 1. The van der Waals surface area contributed by atoms with Crippen molar-refractivity contribution >= 4 is 29.0 Å². The van der Waals surface area contributed by atoms with Gasteiger partial charge in [-0.1, -0.05) is 11.6 Å². The average Bonchev–Trinajstić information content (AvgIpc) is 2.41. The summed E-state index contributed by atoms with van der Waals surface area (Å²) >= 11 is 5.84. The Morgan fingerprint density at radius 3 is 2.85 bits per heavy atom. The van der Waals surface area contributed by atoms with E-state index in [9.17, 15) is 9.18 Å². The summed E-state index contributed by atoms with van der Waals surface area (Å²) < 4.78 is 13.1. The molecule has 2 aromatic rings. The second-order valence-electron chi connectivity index (χ2n) is 3.85. The maximum Gasteiger partial charge on any atom is 0.259 e. The first-order chi connectivity index (χ1) is 9.51. The highest BCUT2D eigenvalue weighted by Crippen LogP contribution is 2.21. The Bertz CT molecular complexity index is 727. The maximum absolute atomic E-state index is 13.1. The van der Waals surface area contributed by atoms with Gasteiger partial charge < -0.3 is 11.1 Å². The first kappa shape index (κ1) is 13.8. The van der Waals surface area contributed by atoms with Crippen molar-refractivity contribution < 1.29 is 9.18 Å². The van der Waals surface area contributed by atoms with E-state index >= 15 is 0 Å². The van der Waals surface area contributed by atoms with Gasteiger partial charge in [0.15, 0.2) is 0 Å². The smallest absolute Gasteiger partial charge is 0.259 e. The zero-order valence-electron chi connectivity index (χ0n) is 10.0. The molecule has 20 heavy (non-hydrogen) atoms. The number of carbonyl (C=O) groups is 1. The highest BCUT2D eigenvalue weighted by molar-refractivity contribution is 6.32. The van der Waals surface area contributed by atoms with Crippen LogP contribution in [0.15, 0.2) is 30.5 Å². The molecular formula is C13H8ClFN4O. The van der Waals surface area contributed by atoms with Gasteiger partial charge in [-0.25, -0.2) is 9.37 Å². The average molecular weight is 291 g/mol. The predicted octanol–water partition coefficient (Wildman–Crippen LogP) is 2.58. The molecular weight excluding hydrogens is 283 g/mol. The number of benzene rings is 1. The van der Waals surface area contributed by atoms with Crippen LogP contribution >= 0.6 is 11.6 Å². The molecule has 0 bridgehead atoms. The van der Waals surface area contributed by atoms with Gasteiger partial charge >= 0.3 is 0 Å². The lowest BCUT2D eigenvalue weighted by Crippen LogP contribution is -2.15. The van der Waals surface area contributed by atoms with Gasteiger partial charge in [0.05, 0.1) is 22.3 Å². The molecule has 1 amide bonds. The maximum atomic E-state index is 13.1. The van der Waals surface area contributed by atoms with E-state index in [1.165, 1.54) is 18.2 Å². The van der Waals surface area contributed by atoms with Crippen molar-refractivity contribution in [3.8, 4) is 6.07 Å². The van der Waals surface area contributed by atoms with Crippen molar-refractivity contribution in [2.75, 3.05) is 11.1 Å². The van der Waals surface area contributed by atoms with Crippen LogP contribution in [0.2, 0.25) is 5.02 Å². The van der Waals surface area contributed by atoms with Gasteiger partial charge in [-0.05, 0) is 24.3 Å². The number of nitrogens with two attached hydrogens (primary N) is 1. The van der Waals surface area contributed by atoms with E-state index in [0.29, 0.717) is 5.69 Å². The second kappa shape index (κ2) is 5.55. The third-order valence-electron chi connectivity index (χ3n) is 2.48. The van der Waals surface area contributed by atoms with Gasteiger partial charge in [-0.15, -0.1) is 0 Å². The van der Waals surface area contributed by atoms with Crippen LogP contribution in [0.5, 0.6) is 0 Å². The molecule has 0 radical (unpaired) electrons. The number of rotatable bonds is 2. The summed E-state index contributed by atoms with van der Waals surface area (Å²) in [5.41, 5.74) is 6.09. The molecule has 0 fully saturated rings. The van der Waals surface area contributed by atoms with Crippen molar-refractivity contribution in [3.63, 3.8) is 0 Å². The second-order valence-corrected chi connectivity index (χ2v) is 4.25. The minimum Gasteiger partial charge on any atom is -0.383 e. The number of nitrogens with zero attached hydrogens (tertiary/aromatic N) is 2. The third kappa shape index (κ3) is 2.84. The Balaban J connectivity index is 2.26. The minimum atomic E-state index is -0.665. The van der Waals surface area contributed by atoms with Gasteiger partial charge in [0.2, 0.25) is 0 Å². The summed E-state index contributed by atoms with van der Waals surface area (Å²) in [4.78, 5) is 15.5. The van der Waals surface area contributed by atoms with Crippen LogP contribution in [0.25, 0.3) is 0 Å². The quantitative estimate of drug-likeness (QED) is 0.889. The van der Waals surface area contributed by atoms with E-state index in [0.717, 1.165) is 12.3 Å². The highest BCUT2D eigenvalue weighted by atomic mass is 35.5. The molecule has 0 saturated carbocycles. The molecule has 1 aromatic heterocycles. The molecule has 2 rings (SSSR count). The van der Waals surface area contributed by atoms with E-state index in [2.05, 4.69) is 10.3 Å². The molecule has 3 N–H and O–H groups in total. The normalized spacial score (nSPS) is 9.85. The Hall–Kier alpha value is -2.65. The van der Waals surface area contributed by atoms with Gasteiger partial charge in [0.25, 0.3) is 5.91 Å². The number of nitrogens with one attached hydrogen (secondary N) is 1. The molecule has 0 aliphatic carbocycles. The first-order valence-corrected chi connectivity index (χ1v) is 5.81. The van der Waals surface area contributed by atoms with Crippen LogP contribution in [-0.2, 0) is 0 Å². The summed E-state index contributed by atoms with van der Waals surface area (Å²) in [6, 6.07) is 7.28. The summed E-state index contributed by atoms with van der Waals surface area (Å²) in [6.07, 6.45) is 0.921. The Morgan fingerprint density at radius 2 is 2.20 bits per heavy atom. The monoisotopic (exact) mass is 290 g/mol. The number of halogens is 2. The Labute approximate surface area is 118 Å². The molecule has 0 aliphatic rings. The molecule has 0 saturated heterocycles. The molecule has 0 aliphatic heterocycles. The van der Waals surface area contributed by atoms with Crippen molar-refractivity contribution in [1.29, 1.82) is 5.26 Å². The molecule has 1 heterocycles. The fraction of sp³-hybridized carbons (Fsp3) is 0. The number of aromatic nitrogens is 1. The predicted molar refractivity (Wildman–Crippen MR) is 72.7 cm³/mol. The van der Waals surface area contributed by atoms with Crippen LogP contribution in [0.4, 0.5) is 15.9 Å². The lowest BCUT2D eigenvalue weighted by Gasteiger charge is -2.07. The van der Waals surface area contributed by atoms with Gasteiger partial charge in [-0.3, -0.25) is 4.79 Å². The van der Waals surface area contributed by atoms with Crippen LogP contribution < -0.4 is 11.1 Å². The third-order valence-corrected chi connectivity index (χ3v) is 2.79. The zero-order chi connectivity index (χ0) is 14.7. The van der Waals surface area contributed by atoms with Crippen molar-refractivity contribution in [2.24, 2.45) is 0 Å². The number of nitriles is 1. The van der Waals surface area contributed by atoms with E-state index < -0.39 is 11.7 Å². The molecule has 0 atom stereocenters. The summed E-state index contributed by atoms with van der Waals surface area (Å²) in [5.74, 6) is -1.36. The van der Waals surface area contributed by atoms with Crippen LogP contribution in [0.3, 0.4) is 0 Å². The topological polar surface area (TPSA) is 91.8 Å². The van der Waals surface area contributed by atoms with E-state index in [1.807, 2.05) is 6.07 Å². The number of hydrogen-bond acceptors (Lipinski definition) is 4. The minimum absolute atomic E-state index is 0.0783. The molecule has 1 aromatic carbocycles. The summed E-state index contributed by atoms with van der Waals surface area (Å²) in [6.45, 7) is 0. The number of hydrogen-bond donors (Lipinski definition) is 2. The van der Waals surface area contributed by atoms with E-state index in [1.54, 1.807) is 0 Å². The number of anilines is 2.